The number of aryl methyl sites for hydroxylation is 1. The summed E-state index contributed by atoms with van der Waals surface area (Å²) in [6.45, 7) is 1.89. The van der Waals surface area contributed by atoms with Gasteiger partial charge in [-0.05, 0) is 42.3 Å². The summed E-state index contributed by atoms with van der Waals surface area (Å²) in [4.78, 5) is 16.6. The molecule has 0 unspecified atom stereocenters. The second-order valence-corrected chi connectivity index (χ2v) is 6.67. The molecule has 0 aliphatic heterocycles. The summed E-state index contributed by atoms with van der Waals surface area (Å²) in [6.07, 6.45) is 2.16. The molecule has 0 atom stereocenters. The minimum Gasteiger partial charge on any atom is -0.399 e. The van der Waals surface area contributed by atoms with Gasteiger partial charge in [-0.1, -0.05) is 47.5 Å². The number of nitrogens with zero attached hydrogens (tertiary/aromatic N) is 1. The van der Waals surface area contributed by atoms with E-state index in [-0.39, 0.29) is 5.78 Å². The Labute approximate surface area is 156 Å². The Morgan fingerprint density at radius 1 is 1.00 bits per heavy atom. The van der Waals surface area contributed by atoms with Crippen molar-refractivity contribution < 1.29 is 4.79 Å². The van der Waals surface area contributed by atoms with E-state index < -0.39 is 0 Å². The smallest absolute Gasteiger partial charge is 0.194 e. The molecule has 25 heavy (non-hydrogen) atoms. The van der Waals surface area contributed by atoms with Crippen molar-refractivity contribution in [2.45, 2.75) is 13.3 Å². The molecular weight excluding hydrogens is 355 g/mol. The molecule has 0 radical (unpaired) electrons. The first kappa shape index (κ1) is 17.5. The SMILES string of the molecule is Cc1ccc(C(=O)c2ccc(Cc3c(Cl)cc(N)cc3Cl)cc2)cn1. The minimum absolute atomic E-state index is 0.0531. The quantitative estimate of drug-likeness (QED) is 0.513. The highest BCUT2D eigenvalue weighted by Crippen LogP contribution is 2.30. The summed E-state index contributed by atoms with van der Waals surface area (Å²) in [5.41, 5.74) is 10.2. The van der Waals surface area contributed by atoms with Crippen LogP contribution in [0.3, 0.4) is 0 Å². The van der Waals surface area contributed by atoms with E-state index in [0.29, 0.717) is 33.3 Å². The molecule has 5 heteroatoms. The van der Waals surface area contributed by atoms with Gasteiger partial charge in [-0.25, -0.2) is 0 Å². The molecule has 0 amide bonds. The van der Waals surface area contributed by atoms with Crippen molar-refractivity contribution in [1.29, 1.82) is 0 Å². The number of aromatic nitrogens is 1. The average molecular weight is 371 g/mol. The van der Waals surface area contributed by atoms with Crippen molar-refractivity contribution in [3.8, 4) is 0 Å². The lowest BCUT2D eigenvalue weighted by molar-refractivity contribution is 0.103. The Kier molecular flexibility index (Phi) is 5.07. The number of rotatable bonds is 4. The van der Waals surface area contributed by atoms with Crippen molar-refractivity contribution in [2.75, 3.05) is 5.73 Å². The van der Waals surface area contributed by atoms with Crippen molar-refractivity contribution in [1.82, 2.24) is 4.98 Å². The molecule has 0 fully saturated rings. The Morgan fingerprint density at radius 3 is 2.16 bits per heavy atom. The fourth-order valence-electron chi connectivity index (χ4n) is 2.54. The molecule has 126 valence electrons. The molecule has 1 aromatic heterocycles. The Bertz CT molecular complexity index is 896. The van der Waals surface area contributed by atoms with Crippen LogP contribution in [0, 0.1) is 6.92 Å². The number of hydrogen-bond acceptors (Lipinski definition) is 3. The third kappa shape index (κ3) is 4.01. The summed E-state index contributed by atoms with van der Waals surface area (Å²) < 4.78 is 0. The number of nitrogen functional groups attached to an aromatic ring is 1. The fraction of sp³-hybridized carbons (Fsp3) is 0.100. The number of halogens is 2. The lowest BCUT2D eigenvalue weighted by atomic mass is 10.00. The number of ketones is 1. The molecule has 0 aliphatic carbocycles. The summed E-state index contributed by atoms with van der Waals surface area (Å²) in [5.74, 6) is -0.0531. The zero-order chi connectivity index (χ0) is 18.0. The van der Waals surface area contributed by atoms with Gasteiger partial charge in [0.15, 0.2) is 5.78 Å². The van der Waals surface area contributed by atoms with Gasteiger partial charge in [-0.15, -0.1) is 0 Å². The largest absolute Gasteiger partial charge is 0.399 e. The van der Waals surface area contributed by atoms with Crippen LogP contribution in [-0.2, 0) is 6.42 Å². The number of carbonyl (C=O) groups excluding carboxylic acids is 1. The van der Waals surface area contributed by atoms with Gasteiger partial charge in [-0.2, -0.15) is 0 Å². The van der Waals surface area contributed by atoms with Gasteiger partial charge >= 0.3 is 0 Å². The normalized spacial score (nSPS) is 10.7. The molecule has 0 saturated carbocycles. The number of nitrogens with two attached hydrogens (primary N) is 1. The minimum atomic E-state index is -0.0531. The summed E-state index contributed by atoms with van der Waals surface area (Å²) in [5, 5.41) is 1.08. The highest BCUT2D eigenvalue weighted by Gasteiger charge is 2.11. The van der Waals surface area contributed by atoms with Crippen LogP contribution in [0.5, 0.6) is 0 Å². The first-order valence-corrected chi connectivity index (χ1v) is 8.49. The zero-order valence-corrected chi connectivity index (χ0v) is 15.1. The van der Waals surface area contributed by atoms with Crippen LogP contribution in [0.15, 0.2) is 54.7 Å². The standard InChI is InChI=1S/C20H16Cl2N2O/c1-12-2-5-15(11-24-12)20(25)14-6-3-13(4-7-14)8-17-18(21)9-16(23)10-19(17)22/h2-7,9-11H,8,23H2,1H3. The van der Waals surface area contributed by atoms with Gasteiger partial charge < -0.3 is 5.73 Å². The number of anilines is 1. The maximum atomic E-state index is 12.5. The fourth-order valence-corrected chi connectivity index (χ4v) is 3.18. The topological polar surface area (TPSA) is 56.0 Å². The Hall–Kier alpha value is -2.36. The molecule has 0 spiro atoms. The maximum Gasteiger partial charge on any atom is 0.194 e. The monoisotopic (exact) mass is 370 g/mol. The molecule has 0 aliphatic rings. The molecule has 2 N–H and O–H groups in total. The van der Waals surface area contributed by atoms with Crippen LogP contribution in [-0.4, -0.2) is 10.8 Å². The van der Waals surface area contributed by atoms with E-state index in [2.05, 4.69) is 4.98 Å². The molecule has 2 aromatic carbocycles. The van der Waals surface area contributed by atoms with E-state index in [1.807, 2.05) is 25.1 Å². The van der Waals surface area contributed by atoms with Crippen molar-refractivity contribution in [3.05, 3.63) is 92.7 Å². The summed E-state index contributed by atoms with van der Waals surface area (Å²) in [7, 11) is 0. The predicted molar refractivity (Wildman–Crippen MR) is 103 cm³/mol. The van der Waals surface area contributed by atoms with Gasteiger partial charge in [0.1, 0.15) is 0 Å². The average Bonchev–Trinajstić information content (AvgIpc) is 2.59. The van der Waals surface area contributed by atoms with Gasteiger partial charge in [0.2, 0.25) is 0 Å². The second kappa shape index (κ2) is 7.26. The lowest BCUT2D eigenvalue weighted by Crippen LogP contribution is -2.02. The van der Waals surface area contributed by atoms with Crippen molar-refractivity contribution >= 4 is 34.7 Å². The molecular formula is C20H16Cl2N2O. The number of benzene rings is 2. The van der Waals surface area contributed by atoms with Gasteiger partial charge in [-0.3, -0.25) is 9.78 Å². The van der Waals surface area contributed by atoms with Gasteiger partial charge in [0.05, 0.1) is 0 Å². The number of carbonyl (C=O) groups is 1. The molecule has 1 heterocycles. The van der Waals surface area contributed by atoms with Crippen molar-refractivity contribution in [3.63, 3.8) is 0 Å². The highest BCUT2D eigenvalue weighted by molar-refractivity contribution is 6.36. The summed E-state index contributed by atoms with van der Waals surface area (Å²) >= 11 is 12.5. The zero-order valence-electron chi connectivity index (χ0n) is 13.6. The molecule has 3 nitrogen and oxygen atoms in total. The van der Waals surface area contributed by atoms with Gasteiger partial charge in [0, 0.05) is 45.2 Å². The third-order valence-corrected chi connectivity index (χ3v) is 4.61. The van der Waals surface area contributed by atoms with E-state index >= 15 is 0 Å². The molecule has 0 saturated heterocycles. The maximum absolute atomic E-state index is 12.5. The van der Waals surface area contributed by atoms with Crippen LogP contribution in [0.1, 0.15) is 32.7 Å². The second-order valence-electron chi connectivity index (χ2n) is 5.85. The van der Waals surface area contributed by atoms with Gasteiger partial charge in [0.25, 0.3) is 0 Å². The van der Waals surface area contributed by atoms with Crippen molar-refractivity contribution in [2.24, 2.45) is 0 Å². The predicted octanol–water partition coefficient (Wildman–Crippen LogP) is 5.10. The first-order valence-electron chi connectivity index (χ1n) is 7.74. The Morgan fingerprint density at radius 2 is 1.60 bits per heavy atom. The molecule has 0 bridgehead atoms. The van der Waals surface area contributed by atoms with Crippen LogP contribution >= 0.6 is 23.2 Å². The van der Waals surface area contributed by atoms with Crippen LogP contribution in [0.4, 0.5) is 5.69 Å². The third-order valence-electron chi connectivity index (χ3n) is 3.93. The van der Waals surface area contributed by atoms with Crippen LogP contribution < -0.4 is 5.73 Å². The van der Waals surface area contributed by atoms with Crippen LogP contribution in [0.2, 0.25) is 10.0 Å². The van der Waals surface area contributed by atoms with E-state index in [4.69, 9.17) is 28.9 Å². The van der Waals surface area contributed by atoms with Crippen LogP contribution in [0.25, 0.3) is 0 Å². The van der Waals surface area contributed by atoms with E-state index in [1.165, 1.54) is 0 Å². The van der Waals surface area contributed by atoms with E-state index in [9.17, 15) is 4.79 Å². The lowest BCUT2D eigenvalue weighted by Gasteiger charge is -2.09. The van der Waals surface area contributed by atoms with E-state index in [0.717, 1.165) is 16.8 Å². The highest BCUT2D eigenvalue weighted by atomic mass is 35.5. The number of pyridine rings is 1. The first-order chi connectivity index (χ1) is 11.9. The molecule has 3 rings (SSSR count). The van der Waals surface area contributed by atoms with E-state index in [1.54, 1.807) is 36.5 Å². The molecule has 3 aromatic rings. The summed E-state index contributed by atoms with van der Waals surface area (Å²) in [6, 6.07) is 14.4. The Balaban J connectivity index is 1.81. The number of hydrogen-bond donors (Lipinski definition) is 1.